The monoisotopic (exact) mass is 286 g/mol. The van der Waals surface area contributed by atoms with Gasteiger partial charge in [-0.3, -0.25) is 0 Å². The summed E-state index contributed by atoms with van der Waals surface area (Å²) in [5.74, 6) is -0.597. The van der Waals surface area contributed by atoms with E-state index in [1.165, 1.54) is 22.8 Å². The molecule has 0 aliphatic carbocycles. The summed E-state index contributed by atoms with van der Waals surface area (Å²) in [6, 6.07) is 4.27. The molecule has 7 heteroatoms. The maximum absolute atomic E-state index is 12.4. The van der Waals surface area contributed by atoms with Crippen LogP contribution < -0.4 is 0 Å². The van der Waals surface area contributed by atoms with Crippen LogP contribution in [0.15, 0.2) is 18.2 Å². The first-order valence-corrected chi connectivity index (χ1v) is 6.11. The number of hydrogen-bond donors (Lipinski definition) is 1. The average molecular weight is 286 g/mol. The van der Waals surface area contributed by atoms with Crippen LogP contribution >= 0.6 is 0 Å². The van der Waals surface area contributed by atoms with E-state index in [9.17, 15) is 18.0 Å². The lowest BCUT2D eigenvalue weighted by atomic mass is 10.2. The standard InChI is InChI=1S/C13H13F3N2O2/c1-2-11-17-9-4-3-8(12(19)20)7-10(9)18(11)6-5-13(14,15)16/h3-4,7H,2,5-6H2,1H3,(H,19,20). The third-order valence-electron chi connectivity index (χ3n) is 3.01. The van der Waals surface area contributed by atoms with E-state index >= 15 is 0 Å². The second-order valence-corrected chi connectivity index (χ2v) is 4.41. The summed E-state index contributed by atoms with van der Waals surface area (Å²) in [5.41, 5.74) is 0.966. The van der Waals surface area contributed by atoms with Crippen LogP contribution in [0.1, 0.15) is 29.5 Å². The number of aromatic carboxylic acids is 1. The van der Waals surface area contributed by atoms with Crippen LogP contribution in [0.4, 0.5) is 13.2 Å². The number of benzene rings is 1. The van der Waals surface area contributed by atoms with Crippen molar-refractivity contribution in [3.8, 4) is 0 Å². The van der Waals surface area contributed by atoms with Crippen molar-refractivity contribution in [2.45, 2.75) is 32.5 Å². The Morgan fingerprint density at radius 2 is 2.10 bits per heavy atom. The summed E-state index contributed by atoms with van der Waals surface area (Å²) in [4.78, 5) is 15.2. The fourth-order valence-corrected chi connectivity index (χ4v) is 2.06. The first-order chi connectivity index (χ1) is 9.31. The molecule has 0 saturated carbocycles. The minimum absolute atomic E-state index is 0.0355. The molecule has 0 unspecified atom stereocenters. The van der Waals surface area contributed by atoms with Crippen molar-refractivity contribution in [1.82, 2.24) is 9.55 Å². The number of rotatable bonds is 4. The molecular weight excluding hydrogens is 273 g/mol. The number of aryl methyl sites for hydroxylation is 2. The highest BCUT2D eigenvalue weighted by Crippen LogP contribution is 2.24. The summed E-state index contributed by atoms with van der Waals surface area (Å²) in [7, 11) is 0. The second kappa shape index (κ2) is 5.15. The Labute approximate surface area is 112 Å². The zero-order valence-corrected chi connectivity index (χ0v) is 10.7. The highest BCUT2D eigenvalue weighted by Gasteiger charge is 2.27. The molecule has 0 bridgehead atoms. The van der Waals surface area contributed by atoms with Gasteiger partial charge < -0.3 is 9.67 Å². The van der Waals surface area contributed by atoms with Crippen molar-refractivity contribution in [3.05, 3.63) is 29.6 Å². The van der Waals surface area contributed by atoms with Gasteiger partial charge in [0.15, 0.2) is 0 Å². The Balaban J connectivity index is 2.48. The molecule has 0 atom stereocenters. The molecule has 1 heterocycles. The van der Waals surface area contributed by atoms with Gasteiger partial charge in [-0.1, -0.05) is 6.92 Å². The Bertz CT molecular complexity index is 647. The zero-order valence-electron chi connectivity index (χ0n) is 10.7. The van der Waals surface area contributed by atoms with Crippen LogP contribution in [0.2, 0.25) is 0 Å². The quantitative estimate of drug-likeness (QED) is 0.938. The molecule has 0 aliphatic heterocycles. The summed E-state index contributed by atoms with van der Waals surface area (Å²) in [6.07, 6.45) is -4.75. The van der Waals surface area contributed by atoms with E-state index in [0.717, 1.165) is 0 Å². The van der Waals surface area contributed by atoms with Crippen molar-refractivity contribution in [2.24, 2.45) is 0 Å². The minimum Gasteiger partial charge on any atom is -0.478 e. The third-order valence-corrected chi connectivity index (χ3v) is 3.01. The topological polar surface area (TPSA) is 55.1 Å². The smallest absolute Gasteiger partial charge is 0.390 e. The molecule has 0 saturated heterocycles. The van der Waals surface area contributed by atoms with Crippen LogP contribution in [0.3, 0.4) is 0 Å². The lowest BCUT2D eigenvalue weighted by molar-refractivity contribution is -0.136. The van der Waals surface area contributed by atoms with E-state index in [2.05, 4.69) is 4.98 Å². The van der Waals surface area contributed by atoms with Crippen LogP contribution in [0.25, 0.3) is 11.0 Å². The summed E-state index contributed by atoms with van der Waals surface area (Å²) in [6.45, 7) is 1.54. The van der Waals surface area contributed by atoms with Crippen molar-refractivity contribution in [2.75, 3.05) is 0 Å². The van der Waals surface area contributed by atoms with Gasteiger partial charge in [0.2, 0.25) is 0 Å². The number of alkyl halides is 3. The Hall–Kier alpha value is -2.05. The van der Waals surface area contributed by atoms with Gasteiger partial charge in [-0.05, 0) is 18.2 Å². The predicted molar refractivity (Wildman–Crippen MR) is 66.7 cm³/mol. The molecule has 0 radical (unpaired) electrons. The first-order valence-electron chi connectivity index (χ1n) is 6.11. The normalized spacial score (nSPS) is 12.0. The molecule has 4 nitrogen and oxygen atoms in total. The Kier molecular flexibility index (Phi) is 3.69. The first kappa shape index (κ1) is 14.4. The predicted octanol–water partition coefficient (Wildman–Crippen LogP) is 3.25. The lowest BCUT2D eigenvalue weighted by Gasteiger charge is -2.10. The van der Waals surface area contributed by atoms with Gasteiger partial charge in [0, 0.05) is 13.0 Å². The van der Waals surface area contributed by atoms with E-state index in [4.69, 9.17) is 5.11 Å². The van der Waals surface area contributed by atoms with Crippen molar-refractivity contribution in [1.29, 1.82) is 0 Å². The molecule has 0 amide bonds. The van der Waals surface area contributed by atoms with Gasteiger partial charge in [-0.2, -0.15) is 13.2 Å². The highest BCUT2D eigenvalue weighted by molar-refractivity contribution is 5.92. The third kappa shape index (κ3) is 2.92. The SMILES string of the molecule is CCc1nc2ccc(C(=O)O)cc2n1CCC(F)(F)F. The van der Waals surface area contributed by atoms with Crippen LogP contribution in [-0.4, -0.2) is 26.8 Å². The van der Waals surface area contributed by atoms with Gasteiger partial charge in [0.05, 0.1) is 23.0 Å². The van der Waals surface area contributed by atoms with E-state index < -0.39 is 18.6 Å². The number of carboxylic acid groups (broad SMARTS) is 1. The fourth-order valence-electron chi connectivity index (χ4n) is 2.06. The number of carbonyl (C=O) groups is 1. The molecule has 1 aromatic carbocycles. The summed E-state index contributed by atoms with van der Waals surface area (Å²) in [5, 5.41) is 8.95. The molecule has 1 aromatic heterocycles. The van der Waals surface area contributed by atoms with Gasteiger partial charge in [0.1, 0.15) is 5.82 Å². The van der Waals surface area contributed by atoms with Crippen molar-refractivity contribution >= 4 is 17.0 Å². The second-order valence-electron chi connectivity index (χ2n) is 4.41. The van der Waals surface area contributed by atoms with E-state index in [1.54, 1.807) is 6.92 Å². The zero-order chi connectivity index (χ0) is 14.9. The number of nitrogens with zero attached hydrogens (tertiary/aromatic N) is 2. The summed E-state index contributed by atoms with van der Waals surface area (Å²) < 4.78 is 38.5. The van der Waals surface area contributed by atoms with E-state index in [-0.39, 0.29) is 12.1 Å². The van der Waals surface area contributed by atoms with Gasteiger partial charge in [-0.25, -0.2) is 9.78 Å². The van der Waals surface area contributed by atoms with Crippen LogP contribution in [0.5, 0.6) is 0 Å². The molecular formula is C13H13F3N2O2. The Morgan fingerprint density at radius 1 is 1.40 bits per heavy atom. The molecule has 0 fully saturated rings. The molecule has 1 N–H and O–H groups in total. The maximum atomic E-state index is 12.4. The number of carboxylic acids is 1. The fraction of sp³-hybridized carbons (Fsp3) is 0.385. The van der Waals surface area contributed by atoms with Gasteiger partial charge in [-0.15, -0.1) is 0 Å². The number of fused-ring (bicyclic) bond motifs is 1. The molecule has 0 spiro atoms. The van der Waals surface area contributed by atoms with E-state index in [0.29, 0.717) is 23.3 Å². The molecule has 20 heavy (non-hydrogen) atoms. The number of hydrogen-bond acceptors (Lipinski definition) is 2. The maximum Gasteiger partial charge on any atom is 0.390 e. The molecule has 108 valence electrons. The van der Waals surface area contributed by atoms with Gasteiger partial charge in [0.25, 0.3) is 0 Å². The van der Waals surface area contributed by atoms with Crippen molar-refractivity contribution in [3.63, 3.8) is 0 Å². The van der Waals surface area contributed by atoms with Crippen LogP contribution in [0, 0.1) is 0 Å². The highest BCUT2D eigenvalue weighted by atomic mass is 19.4. The number of aromatic nitrogens is 2. The summed E-state index contributed by atoms with van der Waals surface area (Å²) >= 11 is 0. The average Bonchev–Trinajstić information content (AvgIpc) is 2.72. The largest absolute Gasteiger partial charge is 0.478 e. The molecule has 0 aliphatic rings. The van der Waals surface area contributed by atoms with E-state index in [1.807, 2.05) is 0 Å². The molecule has 2 rings (SSSR count). The minimum atomic E-state index is -4.26. The molecule has 2 aromatic rings. The lowest BCUT2D eigenvalue weighted by Crippen LogP contribution is -2.13. The van der Waals surface area contributed by atoms with Gasteiger partial charge >= 0.3 is 12.1 Å². The van der Waals surface area contributed by atoms with Crippen LogP contribution in [-0.2, 0) is 13.0 Å². The number of imidazole rings is 1. The Morgan fingerprint density at radius 3 is 2.65 bits per heavy atom. The number of halogens is 3. The van der Waals surface area contributed by atoms with Crippen molar-refractivity contribution < 1.29 is 23.1 Å².